The van der Waals surface area contributed by atoms with Crippen molar-refractivity contribution in [1.29, 1.82) is 0 Å². The molecule has 0 saturated carbocycles. The monoisotopic (exact) mass is 216 g/mol. The highest BCUT2D eigenvalue weighted by atomic mass is 16.5. The molecule has 16 heavy (non-hydrogen) atoms. The average Bonchev–Trinajstić information content (AvgIpc) is 2.69. The number of benzene rings is 1. The number of ether oxygens (including phenoxy) is 1. The van der Waals surface area contributed by atoms with E-state index in [1.54, 1.807) is 0 Å². The summed E-state index contributed by atoms with van der Waals surface area (Å²) in [5, 5.41) is 5.64. The molecule has 0 atom stereocenters. The van der Waals surface area contributed by atoms with Gasteiger partial charge in [0.2, 0.25) is 0 Å². The highest BCUT2D eigenvalue weighted by Gasteiger charge is 2.00. The molecule has 3 nitrogen and oxygen atoms in total. The molecule has 0 radical (unpaired) electrons. The Morgan fingerprint density at radius 1 is 1.44 bits per heavy atom. The number of hydrogen-bond donors (Lipinski definition) is 0. The Hall–Kier alpha value is -1.77. The van der Waals surface area contributed by atoms with E-state index in [2.05, 4.69) is 23.9 Å². The summed E-state index contributed by atoms with van der Waals surface area (Å²) in [5.41, 5.74) is 1.03. The smallest absolute Gasteiger partial charge is 0.0923 e. The van der Waals surface area contributed by atoms with Gasteiger partial charge in [-0.2, -0.15) is 5.10 Å². The lowest BCUT2D eigenvalue weighted by Crippen LogP contribution is -2.01. The Balaban J connectivity index is 2.02. The van der Waals surface area contributed by atoms with Gasteiger partial charge in [0.15, 0.2) is 0 Å². The molecule has 0 aliphatic carbocycles. The topological polar surface area (TPSA) is 27.1 Å². The minimum absolute atomic E-state index is 0.680. The fourth-order valence-electron chi connectivity index (χ4n) is 1.65. The van der Waals surface area contributed by atoms with Crippen molar-refractivity contribution in [3.63, 3.8) is 0 Å². The van der Waals surface area contributed by atoms with Gasteiger partial charge in [-0.3, -0.25) is 4.68 Å². The van der Waals surface area contributed by atoms with Gasteiger partial charge >= 0.3 is 0 Å². The van der Waals surface area contributed by atoms with Crippen LogP contribution in [-0.4, -0.2) is 16.4 Å². The third kappa shape index (κ3) is 2.42. The summed E-state index contributed by atoms with van der Waals surface area (Å²) in [6.07, 6.45) is 2.86. The van der Waals surface area contributed by atoms with E-state index in [4.69, 9.17) is 4.74 Å². The average molecular weight is 216 g/mol. The lowest BCUT2D eigenvalue weighted by molar-refractivity contribution is 0.216. The predicted octanol–water partition coefficient (Wildman–Crippen LogP) is 2.98. The Kier molecular flexibility index (Phi) is 3.25. The van der Waals surface area contributed by atoms with Gasteiger partial charge in [-0.1, -0.05) is 24.8 Å². The maximum absolute atomic E-state index is 5.30. The van der Waals surface area contributed by atoms with Crippen molar-refractivity contribution in [1.82, 2.24) is 9.78 Å². The molecule has 1 aromatic heterocycles. The van der Waals surface area contributed by atoms with E-state index in [9.17, 15) is 0 Å². The SMILES string of the molecule is C=C(CCn1cc2ccccc2n1)OCC. The molecular formula is C13H16N2O. The number of fused-ring (bicyclic) bond motifs is 1. The predicted molar refractivity (Wildman–Crippen MR) is 65.1 cm³/mol. The molecule has 0 fully saturated rings. The van der Waals surface area contributed by atoms with Gasteiger partial charge in [0, 0.05) is 24.5 Å². The molecule has 1 heterocycles. The van der Waals surface area contributed by atoms with Crippen LogP contribution in [0.1, 0.15) is 13.3 Å². The molecule has 0 bridgehead atoms. The van der Waals surface area contributed by atoms with E-state index in [1.165, 1.54) is 5.39 Å². The summed E-state index contributed by atoms with van der Waals surface area (Å²) in [4.78, 5) is 0. The van der Waals surface area contributed by atoms with Gasteiger partial charge in [-0.05, 0) is 13.0 Å². The van der Waals surface area contributed by atoms with Crippen molar-refractivity contribution in [3.8, 4) is 0 Å². The molecule has 3 heteroatoms. The van der Waals surface area contributed by atoms with Crippen molar-refractivity contribution < 1.29 is 4.74 Å². The van der Waals surface area contributed by atoms with E-state index < -0.39 is 0 Å². The van der Waals surface area contributed by atoms with Crippen LogP contribution in [0.5, 0.6) is 0 Å². The summed E-state index contributed by atoms with van der Waals surface area (Å²) in [6.45, 7) is 7.31. The minimum Gasteiger partial charge on any atom is -0.499 e. The second-order valence-corrected chi connectivity index (χ2v) is 3.67. The zero-order valence-electron chi connectivity index (χ0n) is 9.52. The quantitative estimate of drug-likeness (QED) is 0.718. The summed E-state index contributed by atoms with van der Waals surface area (Å²) in [7, 11) is 0. The molecule has 2 rings (SSSR count). The van der Waals surface area contributed by atoms with Crippen molar-refractivity contribution in [2.45, 2.75) is 19.9 Å². The molecule has 0 unspecified atom stereocenters. The van der Waals surface area contributed by atoms with Crippen molar-refractivity contribution in [3.05, 3.63) is 42.8 Å². The Morgan fingerprint density at radius 2 is 2.25 bits per heavy atom. The van der Waals surface area contributed by atoms with Crippen LogP contribution >= 0.6 is 0 Å². The van der Waals surface area contributed by atoms with Crippen LogP contribution < -0.4 is 0 Å². The largest absolute Gasteiger partial charge is 0.499 e. The first-order chi connectivity index (χ1) is 7.79. The van der Waals surface area contributed by atoms with Crippen LogP contribution in [0.15, 0.2) is 42.8 Å². The maximum Gasteiger partial charge on any atom is 0.0923 e. The molecule has 0 N–H and O–H groups in total. The first-order valence-corrected chi connectivity index (χ1v) is 5.52. The van der Waals surface area contributed by atoms with Crippen molar-refractivity contribution in [2.75, 3.05) is 6.61 Å². The van der Waals surface area contributed by atoms with E-state index in [-0.39, 0.29) is 0 Å². The number of hydrogen-bond acceptors (Lipinski definition) is 2. The molecule has 84 valence electrons. The normalized spacial score (nSPS) is 10.6. The van der Waals surface area contributed by atoms with Gasteiger partial charge in [-0.15, -0.1) is 0 Å². The van der Waals surface area contributed by atoms with Gasteiger partial charge in [0.1, 0.15) is 0 Å². The van der Waals surface area contributed by atoms with E-state index >= 15 is 0 Å². The number of nitrogens with zero attached hydrogens (tertiary/aromatic N) is 2. The van der Waals surface area contributed by atoms with Crippen LogP contribution in [-0.2, 0) is 11.3 Å². The van der Waals surface area contributed by atoms with Crippen molar-refractivity contribution in [2.24, 2.45) is 0 Å². The van der Waals surface area contributed by atoms with E-state index in [0.29, 0.717) is 6.61 Å². The number of rotatable bonds is 5. The fraction of sp³-hybridized carbons (Fsp3) is 0.308. The summed E-state index contributed by atoms with van der Waals surface area (Å²) in [5.74, 6) is 0.821. The van der Waals surface area contributed by atoms with Crippen LogP contribution in [0.3, 0.4) is 0 Å². The molecule has 0 aliphatic rings. The minimum atomic E-state index is 0.680. The van der Waals surface area contributed by atoms with Gasteiger partial charge in [0.05, 0.1) is 17.9 Å². The maximum atomic E-state index is 5.30. The highest BCUT2D eigenvalue weighted by Crippen LogP contribution is 2.12. The summed E-state index contributed by atoms with van der Waals surface area (Å²) >= 11 is 0. The molecular weight excluding hydrogens is 200 g/mol. The zero-order chi connectivity index (χ0) is 11.4. The molecule has 1 aromatic carbocycles. The molecule has 2 aromatic rings. The van der Waals surface area contributed by atoms with Crippen LogP contribution in [0, 0.1) is 0 Å². The van der Waals surface area contributed by atoms with E-state index in [1.807, 2.05) is 29.8 Å². The standard InChI is InChI=1S/C13H16N2O/c1-3-16-11(2)8-9-15-10-12-6-4-5-7-13(12)14-15/h4-7,10H,2-3,8-9H2,1H3. The Bertz CT molecular complexity index is 454. The first-order valence-electron chi connectivity index (χ1n) is 5.52. The van der Waals surface area contributed by atoms with E-state index in [0.717, 1.165) is 24.2 Å². The van der Waals surface area contributed by atoms with Crippen LogP contribution in [0.25, 0.3) is 10.9 Å². The van der Waals surface area contributed by atoms with Gasteiger partial charge < -0.3 is 4.74 Å². The number of aromatic nitrogens is 2. The third-order valence-electron chi connectivity index (χ3n) is 2.43. The molecule has 0 amide bonds. The fourth-order valence-corrected chi connectivity index (χ4v) is 1.65. The second-order valence-electron chi connectivity index (χ2n) is 3.67. The summed E-state index contributed by atoms with van der Waals surface area (Å²) in [6, 6.07) is 8.10. The molecule has 0 aliphatic heterocycles. The Labute approximate surface area is 95.3 Å². The number of aryl methyl sites for hydroxylation is 1. The first kappa shape index (κ1) is 10.7. The highest BCUT2D eigenvalue weighted by molar-refractivity contribution is 5.77. The van der Waals surface area contributed by atoms with Gasteiger partial charge in [-0.25, -0.2) is 0 Å². The van der Waals surface area contributed by atoms with Crippen LogP contribution in [0.2, 0.25) is 0 Å². The second kappa shape index (κ2) is 4.84. The summed E-state index contributed by atoms with van der Waals surface area (Å²) < 4.78 is 7.24. The number of allylic oxidation sites excluding steroid dienone is 1. The zero-order valence-corrected chi connectivity index (χ0v) is 9.52. The lowest BCUT2D eigenvalue weighted by atomic mass is 10.3. The molecule has 0 saturated heterocycles. The molecule has 0 spiro atoms. The Morgan fingerprint density at radius 3 is 3.00 bits per heavy atom. The van der Waals surface area contributed by atoms with Crippen molar-refractivity contribution >= 4 is 10.9 Å². The van der Waals surface area contributed by atoms with Crippen LogP contribution in [0.4, 0.5) is 0 Å². The van der Waals surface area contributed by atoms with Gasteiger partial charge in [0.25, 0.3) is 0 Å². The lowest BCUT2D eigenvalue weighted by Gasteiger charge is -2.06. The third-order valence-corrected chi connectivity index (χ3v) is 2.43.